The fourth-order valence-corrected chi connectivity index (χ4v) is 1.75. The molecular weight excluding hydrogens is 254 g/mol. The van der Waals surface area contributed by atoms with E-state index in [-0.39, 0.29) is 5.91 Å². The molecule has 0 aliphatic carbocycles. The minimum Gasteiger partial charge on any atom is -0.351 e. The molecule has 0 radical (unpaired) electrons. The van der Waals surface area contributed by atoms with Gasteiger partial charge in [0.05, 0.1) is 11.9 Å². The third-order valence-electron chi connectivity index (χ3n) is 2.94. The Labute approximate surface area is 118 Å². The van der Waals surface area contributed by atoms with Crippen LogP contribution in [0.1, 0.15) is 28.9 Å². The zero-order valence-corrected chi connectivity index (χ0v) is 11.5. The van der Waals surface area contributed by atoms with E-state index in [1.807, 2.05) is 31.2 Å². The molecule has 0 aliphatic heterocycles. The van der Waals surface area contributed by atoms with Crippen molar-refractivity contribution in [3.8, 4) is 5.69 Å². The van der Waals surface area contributed by atoms with Crippen LogP contribution in [-0.4, -0.2) is 34.0 Å². The maximum Gasteiger partial charge on any atom is 0.273 e. The van der Waals surface area contributed by atoms with E-state index in [1.54, 1.807) is 10.9 Å². The topological polar surface area (TPSA) is 85.8 Å². The maximum atomic E-state index is 11.8. The lowest BCUT2D eigenvalue weighted by Gasteiger charge is -2.01. The first-order chi connectivity index (χ1) is 9.70. The summed E-state index contributed by atoms with van der Waals surface area (Å²) in [6.45, 7) is 3.26. The van der Waals surface area contributed by atoms with E-state index in [4.69, 9.17) is 5.73 Å². The molecule has 0 aliphatic rings. The Kier molecular flexibility index (Phi) is 4.84. The second-order valence-electron chi connectivity index (χ2n) is 4.64. The van der Waals surface area contributed by atoms with Crippen molar-refractivity contribution in [3.05, 3.63) is 41.7 Å². The van der Waals surface area contributed by atoms with Crippen molar-refractivity contribution >= 4 is 5.91 Å². The highest BCUT2D eigenvalue weighted by atomic mass is 16.2. The predicted octanol–water partition coefficient (Wildman–Crippen LogP) is 1.04. The number of benzene rings is 1. The van der Waals surface area contributed by atoms with E-state index in [2.05, 4.69) is 15.6 Å². The number of hydrogen-bond donors (Lipinski definition) is 2. The van der Waals surface area contributed by atoms with E-state index >= 15 is 0 Å². The van der Waals surface area contributed by atoms with Crippen molar-refractivity contribution in [2.45, 2.75) is 19.8 Å². The van der Waals surface area contributed by atoms with Crippen molar-refractivity contribution in [2.75, 3.05) is 13.1 Å². The lowest BCUT2D eigenvalue weighted by Crippen LogP contribution is -2.25. The summed E-state index contributed by atoms with van der Waals surface area (Å²) in [6.07, 6.45) is 3.40. The zero-order valence-electron chi connectivity index (χ0n) is 11.5. The maximum absolute atomic E-state index is 11.8. The summed E-state index contributed by atoms with van der Waals surface area (Å²) in [5.41, 5.74) is 7.77. The Balaban J connectivity index is 1.98. The number of unbranched alkanes of at least 4 members (excludes halogenated alkanes) is 1. The van der Waals surface area contributed by atoms with Gasteiger partial charge < -0.3 is 11.1 Å². The number of nitrogens with one attached hydrogen (secondary N) is 1. The van der Waals surface area contributed by atoms with Gasteiger partial charge in [-0.2, -0.15) is 0 Å². The van der Waals surface area contributed by atoms with Gasteiger partial charge in [0, 0.05) is 6.54 Å². The number of aryl methyl sites for hydroxylation is 1. The van der Waals surface area contributed by atoms with Crippen LogP contribution in [0, 0.1) is 6.92 Å². The largest absolute Gasteiger partial charge is 0.351 e. The third-order valence-corrected chi connectivity index (χ3v) is 2.94. The van der Waals surface area contributed by atoms with Gasteiger partial charge in [-0.3, -0.25) is 4.79 Å². The average molecular weight is 273 g/mol. The van der Waals surface area contributed by atoms with Crippen LogP contribution in [0.5, 0.6) is 0 Å². The number of nitrogens with two attached hydrogens (primary N) is 1. The molecule has 0 unspecified atom stereocenters. The van der Waals surface area contributed by atoms with E-state index < -0.39 is 0 Å². The van der Waals surface area contributed by atoms with E-state index in [9.17, 15) is 4.79 Å². The van der Waals surface area contributed by atoms with Gasteiger partial charge in [0.1, 0.15) is 0 Å². The predicted molar refractivity (Wildman–Crippen MR) is 76.7 cm³/mol. The summed E-state index contributed by atoms with van der Waals surface area (Å²) in [6, 6.07) is 7.85. The zero-order chi connectivity index (χ0) is 14.4. The van der Waals surface area contributed by atoms with E-state index in [0.717, 1.165) is 18.5 Å². The standard InChI is InChI=1S/C14H19N5O/c1-11-4-6-12(7-5-11)19-10-13(17-18-19)14(20)16-9-3-2-8-15/h4-7,10H,2-3,8-9,15H2,1H3,(H,16,20). The molecule has 1 aromatic carbocycles. The Bertz CT molecular complexity index is 561. The molecule has 2 aromatic rings. The van der Waals surface area contributed by atoms with Crippen LogP contribution in [0.3, 0.4) is 0 Å². The first kappa shape index (κ1) is 14.2. The van der Waals surface area contributed by atoms with E-state index in [0.29, 0.717) is 18.8 Å². The van der Waals surface area contributed by atoms with Gasteiger partial charge in [-0.1, -0.05) is 22.9 Å². The molecule has 0 saturated carbocycles. The molecule has 3 N–H and O–H groups in total. The Morgan fingerprint density at radius 1 is 1.30 bits per heavy atom. The van der Waals surface area contributed by atoms with Gasteiger partial charge in [-0.05, 0) is 38.4 Å². The number of hydrogen-bond acceptors (Lipinski definition) is 4. The van der Waals surface area contributed by atoms with Crippen molar-refractivity contribution in [3.63, 3.8) is 0 Å². The SMILES string of the molecule is Cc1ccc(-n2cc(C(=O)NCCCCN)nn2)cc1. The molecule has 0 saturated heterocycles. The molecule has 106 valence electrons. The number of rotatable bonds is 6. The highest BCUT2D eigenvalue weighted by Gasteiger charge is 2.10. The fourth-order valence-electron chi connectivity index (χ4n) is 1.75. The second kappa shape index (κ2) is 6.81. The van der Waals surface area contributed by atoms with Crippen LogP contribution in [0.2, 0.25) is 0 Å². The molecule has 6 heteroatoms. The normalized spacial score (nSPS) is 10.5. The molecule has 1 heterocycles. The smallest absolute Gasteiger partial charge is 0.273 e. The van der Waals surface area contributed by atoms with Gasteiger partial charge >= 0.3 is 0 Å². The average Bonchev–Trinajstić information content (AvgIpc) is 2.94. The van der Waals surface area contributed by atoms with Crippen molar-refractivity contribution in [1.29, 1.82) is 0 Å². The van der Waals surface area contributed by atoms with Crippen LogP contribution in [0.4, 0.5) is 0 Å². The van der Waals surface area contributed by atoms with Crippen LogP contribution in [0.25, 0.3) is 5.69 Å². The number of carbonyl (C=O) groups excluding carboxylic acids is 1. The molecule has 0 bridgehead atoms. The Hall–Kier alpha value is -2.21. The summed E-state index contributed by atoms with van der Waals surface area (Å²) >= 11 is 0. The highest BCUT2D eigenvalue weighted by molar-refractivity contribution is 5.91. The first-order valence-electron chi connectivity index (χ1n) is 6.68. The summed E-state index contributed by atoms with van der Waals surface area (Å²) in [5, 5.41) is 10.7. The molecular formula is C14H19N5O. The molecule has 1 aromatic heterocycles. The van der Waals surface area contributed by atoms with Gasteiger partial charge in [-0.15, -0.1) is 5.10 Å². The monoisotopic (exact) mass is 273 g/mol. The minimum atomic E-state index is -0.208. The Morgan fingerprint density at radius 2 is 2.05 bits per heavy atom. The lowest BCUT2D eigenvalue weighted by atomic mass is 10.2. The van der Waals surface area contributed by atoms with E-state index in [1.165, 1.54) is 5.56 Å². The Morgan fingerprint density at radius 3 is 2.75 bits per heavy atom. The molecule has 20 heavy (non-hydrogen) atoms. The molecule has 1 amide bonds. The first-order valence-corrected chi connectivity index (χ1v) is 6.68. The number of carbonyl (C=O) groups is 1. The number of amides is 1. The van der Waals surface area contributed by atoms with Gasteiger partial charge in [-0.25, -0.2) is 4.68 Å². The number of aromatic nitrogens is 3. The van der Waals surface area contributed by atoms with Crippen molar-refractivity contribution in [1.82, 2.24) is 20.3 Å². The van der Waals surface area contributed by atoms with Crippen LogP contribution < -0.4 is 11.1 Å². The minimum absolute atomic E-state index is 0.208. The molecule has 0 spiro atoms. The van der Waals surface area contributed by atoms with Crippen LogP contribution in [0.15, 0.2) is 30.5 Å². The lowest BCUT2D eigenvalue weighted by molar-refractivity contribution is 0.0948. The molecule has 0 fully saturated rings. The second-order valence-corrected chi connectivity index (χ2v) is 4.64. The van der Waals surface area contributed by atoms with Gasteiger partial charge in [0.15, 0.2) is 5.69 Å². The molecule has 0 atom stereocenters. The van der Waals surface area contributed by atoms with Gasteiger partial charge in [0.2, 0.25) is 0 Å². The van der Waals surface area contributed by atoms with Crippen LogP contribution in [-0.2, 0) is 0 Å². The van der Waals surface area contributed by atoms with Crippen molar-refractivity contribution in [2.24, 2.45) is 5.73 Å². The highest BCUT2D eigenvalue weighted by Crippen LogP contribution is 2.08. The summed E-state index contributed by atoms with van der Waals surface area (Å²) in [4.78, 5) is 11.8. The third kappa shape index (κ3) is 3.64. The van der Waals surface area contributed by atoms with Crippen LogP contribution >= 0.6 is 0 Å². The number of nitrogens with zero attached hydrogens (tertiary/aromatic N) is 3. The summed E-state index contributed by atoms with van der Waals surface area (Å²) in [5.74, 6) is -0.208. The summed E-state index contributed by atoms with van der Waals surface area (Å²) in [7, 11) is 0. The van der Waals surface area contributed by atoms with Gasteiger partial charge in [0.25, 0.3) is 5.91 Å². The van der Waals surface area contributed by atoms with Crippen molar-refractivity contribution < 1.29 is 4.79 Å². The molecule has 2 rings (SSSR count). The molecule has 6 nitrogen and oxygen atoms in total. The summed E-state index contributed by atoms with van der Waals surface area (Å²) < 4.78 is 1.59. The fraction of sp³-hybridized carbons (Fsp3) is 0.357. The quantitative estimate of drug-likeness (QED) is 0.770.